The van der Waals surface area contributed by atoms with Gasteiger partial charge in [-0.3, -0.25) is 18.7 Å². The average molecular weight is 1840 g/mol. The van der Waals surface area contributed by atoms with Crippen LogP contribution < -0.4 is 0 Å². The number of rotatable bonds is 12. The number of benzene rings is 20. The summed E-state index contributed by atoms with van der Waals surface area (Å²) in [4.78, 5) is 50.6. The minimum atomic E-state index is 0.566. The third-order valence-electron chi connectivity index (χ3n) is 28.0. The first-order chi connectivity index (χ1) is 71.4. The summed E-state index contributed by atoms with van der Waals surface area (Å²) >= 11 is 0. The van der Waals surface area contributed by atoms with Gasteiger partial charge in [-0.05, 0) is 149 Å². The number of fused-ring (bicyclic) bond motifs is 21. The van der Waals surface area contributed by atoms with E-state index in [1.165, 1.54) is 70.8 Å². The molecule has 0 N–H and O–H groups in total. The highest BCUT2D eigenvalue weighted by molar-refractivity contribution is 6.17. The number of para-hydroxylation sites is 9. The van der Waals surface area contributed by atoms with Crippen LogP contribution in [0.15, 0.2) is 485 Å². The van der Waals surface area contributed by atoms with Gasteiger partial charge in [-0.2, -0.15) is 29.9 Å². The van der Waals surface area contributed by atoms with Crippen molar-refractivity contribution in [2.24, 2.45) is 0 Å². The zero-order valence-electron chi connectivity index (χ0n) is 77.3. The summed E-state index contributed by atoms with van der Waals surface area (Å²) in [6.45, 7) is 0. The molecule has 0 amide bonds. The second kappa shape index (κ2) is 34.1. The van der Waals surface area contributed by atoms with Crippen molar-refractivity contribution in [1.82, 2.24) is 77.2 Å². The zero-order valence-corrected chi connectivity index (χ0v) is 77.3. The molecule has 0 unspecified atom stereocenters. The number of pyridine rings is 1. The van der Waals surface area contributed by atoms with Gasteiger partial charge in [0.05, 0.1) is 71.7 Å². The second-order valence-corrected chi connectivity index (χ2v) is 36.2. The van der Waals surface area contributed by atoms with Gasteiger partial charge >= 0.3 is 0 Å². The van der Waals surface area contributed by atoms with Crippen LogP contribution in [0, 0.1) is 0 Å². The Labute approximate surface area is 823 Å². The van der Waals surface area contributed by atoms with Crippen LogP contribution in [0.1, 0.15) is 0 Å². The SMILES string of the molecule is c1ccc(-c2nc(-c3ccc4ccccc4c3)nc(-n3c4ccccc4c4cc(-n5c6ccccc6c6ccccc65)ccc43)n2)cc1.c1ccc(-c2nc(-c3ccc4cccnc4c3)nc(-n3c4ccccc4c4cc(-n5c6ccccc6c6ccccc65)ccc43)n2)cc1.c1ccc(-c2nc(-c3cccc4ccccc34)nc(-n3c4ccccc4c4cc(-n5c6ccccc6c6ccccc65)ccc43)n2)cc1. The summed E-state index contributed by atoms with van der Waals surface area (Å²) in [5.41, 5.74) is 23.2. The van der Waals surface area contributed by atoms with Crippen LogP contribution in [0.3, 0.4) is 0 Å². The Morgan fingerprint density at radius 1 is 0.139 bits per heavy atom. The van der Waals surface area contributed by atoms with Gasteiger partial charge in [0.1, 0.15) is 0 Å². The Bertz CT molecular complexity index is 9840. The third-order valence-corrected chi connectivity index (χ3v) is 28.0. The van der Waals surface area contributed by atoms with Gasteiger partial charge in [-0.1, -0.05) is 352 Å². The number of hydrogen-bond donors (Lipinski definition) is 0. The van der Waals surface area contributed by atoms with Gasteiger partial charge in [-0.25, -0.2) is 15.0 Å². The second-order valence-electron chi connectivity index (χ2n) is 36.2. The first-order valence-electron chi connectivity index (χ1n) is 48.3. The molecule has 0 spiro atoms. The van der Waals surface area contributed by atoms with Gasteiger partial charge < -0.3 is 13.7 Å². The van der Waals surface area contributed by atoms with Crippen molar-refractivity contribution in [2.75, 3.05) is 0 Å². The molecule has 10 aromatic heterocycles. The number of aromatic nitrogens is 16. The van der Waals surface area contributed by atoms with Crippen molar-refractivity contribution in [2.45, 2.75) is 0 Å². The van der Waals surface area contributed by atoms with Crippen molar-refractivity contribution < 1.29 is 0 Å². The molecule has 10 heterocycles. The quantitative estimate of drug-likeness (QED) is 0.115. The molecule has 30 rings (SSSR count). The van der Waals surface area contributed by atoms with Gasteiger partial charge in [0, 0.05) is 127 Å². The van der Waals surface area contributed by atoms with E-state index in [4.69, 9.17) is 44.9 Å². The van der Waals surface area contributed by atoms with Crippen molar-refractivity contribution in [1.29, 1.82) is 0 Å². The number of nitrogens with zero attached hydrogens (tertiary/aromatic N) is 16. The fourth-order valence-corrected chi connectivity index (χ4v) is 21.4. The summed E-state index contributed by atoms with van der Waals surface area (Å²) in [6, 6.07) is 167. The summed E-state index contributed by atoms with van der Waals surface area (Å²) in [5, 5.41) is 19.9. The molecule has 0 atom stereocenters. The maximum Gasteiger partial charge on any atom is 0.238 e. The molecule has 16 nitrogen and oxygen atoms in total. The van der Waals surface area contributed by atoms with Crippen LogP contribution in [0.25, 0.3) is 267 Å². The fraction of sp³-hybridized carbons (Fsp3) is 0. The molecule has 144 heavy (non-hydrogen) atoms. The lowest BCUT2D eigenvalue weighted by molar-refractivity contribution is 0.953. The lowest BCUT2D eigenvalue weighted by Crippen LogP contribution is -2.06. The highest BCUT2D eigenvalue weighted by Gasteiger charge is 2.27. The van der Waals surface area contributed by atoms with Gasteiger partial charge in [-0.15, -0.1) is 0 Å². The molecule has 30 aromatic rings. The van der Waals surface area contributed by atoms with Crippen molar-refractivity contribution in [3.05, 3.63) is 485 Å². The standard InChI is InChI=1S/2C43H27N5.C42H26N6/c1-2-14-29(15-3-1)41-44-42(35-21-12-16-28-13-4-5-17-31(28)35)46-43(45-41)48-39-24-11-8-20-34(39)36-27-30(25-26-40(36)48)47-37-22-9-6-18-32(37)33-19-7-10-23-38(33)47;1-2-13-29(14-3-1)41-44-42(31-23-22-28-12-4-5-15-30(28)26-31)46-43(45-41)48-39-21-11-8-18-35(39)36-27-32(24-25-40(36)48)47-37-19-9-6-16-33(37)34-17-7-10-20-38(34)47;1-2-11-28(12-3-1)40-44-41(29-21-20-27-13-10-24-43-35(27)25-29)46-42(45-40)48-38-19-9-6-16-33(38)34-26-30(22-23-39(34)48)47-36-17-7-4-14-31(36)32-15-5-8-18-37(32)47/h2*1-27H;1-26H. The van der Waals surface area contributed by atoms with Gasteiger partial charge in [0.2, 0.25) is 17.8 Å². The molecule has 0 aliphatic heterocycles. The largest absolute Gasteiger partial charge is 0.309 e. The summed E-state index contributed by atoms with van der Waals surface area (Å²) in [6.07, 6.45) is 1.81. The van der Waals surface area contributed by atoms with Crippen LogP contribution in [0.5, 0.6) is 0 Å². The molecule has 0 saturated heterocycles. The minimum absolute atomic E-state index is 0.566. The molecule has 16 heteroatoms. The predicted molar refractivity (Wildman–Crippen MR) is 588 cm³/mol. The molecule has 0 fully saturated rings. The van der Waals surface area contributed by atoms with E-state index in [9.17, 15) is 0 Å². The van der Waals surface area contributed by atoms with Crippen LogP contribution in [0.4, 0.5) is 0 Å². The number of hydrogen-bond acceptors (Lipinski definition) is 10. The van der Waals surface area contributed by atoms with E-state index < -0.39 is 0 Å². The monoisotopic (exact) mass is 1840 g/mol. The molecule has 672 valence electrons. The van der Waals surface area contributed by atoms with Crippen LogP contribution >= 0.6 is 0 Å². The Morgan fingerprint density at radius 2 is 0.403 bits per heavy atom. The van der Waals surface area contributed by atoms with E-state index in [1.54, 1.807) is 0 Å². The normalized spacial score (nSPS) is 11.8. The smallest absolute Gasteiger partial charge is 0.238 e. The minimum Gasteiger partial charge on any atom is -0.309 e. The zero-order chi connectivity index (χ0) is 94.8. The van der Waals surface area contributed by atoms with E-state index in [0.717, 1.165) is 143 Å². The van der Waals surface area contributed by atoms with Gasteiger partial charge in [0.25, 0.3) is 0 Å². The van der Waals surface area contributed by atoms with Gasteiger partial charge in [0.15, 0.2) is 34.9 Å². The van der Waals surface area contributed by atoms with E-state index in [-0.39, 0.29) is 0 Å². The summed E-state index contributed by atoms with van der Waals surface area (Å²) < 4.78 is 13.6. The molecule has 0 aliphatic rings. The molecular formula is C128H80N16. The average Bonchev–Trinajstić information content (AvgIpc) is 1.58. The maximum atomic E-state index is 5.21. The van der Waals surface area contributed by atoms with E-state index in [2.05, 4.69) is 421 Å². The highest BCUT2D eigenvalue weighted by Crippen LogP contribution is 2.44. The summed E-state index contributed by atoms with van der Waals surface area (Å²) in [7, 11) is 0. The summed E-state index contributed by atoms with van der Waals surface area (Å²) in [5.74, 6) is 5.50. The maximum absolute atomic E-state index is 5.21. The van der Waals surface area contributed by atoms with Crippen LogP contribution in [-0.2, 0) is 0 Å². The molecule has 0 radical (unpaired) electrons. The van der Waals surface area contributed by atoms with Crippen LogP contribution in [-0.4, -0.2) is 77.2 Å². The van der Waals surface area contributed by atoms with Crippen molar-refractivity contribution in [3.8, 4) is 103 Å². The lowest BCUT2D eigenvalue weighted by Gasteiger charge is -2.12. The first-order valence-corrected chi connectivity index (χ1v) is 48.3. The first kappa shape index (κ1) is 82.4. The Balaban J connectivity index is 0.000000105. The molecule has 0 saturated carbocycles. The Morgan fingerprint density at radius 3 is 0.778 bits per heavy atom. The Kier molecular flexibility index (Phi) is 19.5. The van der Waals surface area contributed by atoms with Crippen molar-refractivity contribution in [3.63, 3.8) is 0 Å². The van der Waals surface area contributed by atoms with E-state index in [1.807, 2.05) is 97.2 Å². The molecule has 0 bridgehead atoms. The topological polar surface area (TPSA) is 158 Å². The van der Waals surface area contributed by atoms with Crippen LogP contribution in [0.2, 0.25) is 0 Å². The molecule has 0 aliphatic carbocycles. The molecule has 20 aromatic carbocycles. The third kappa shape index (κ3) is 13.9. The fourth-order valence-electron chi connectivity index (χ4n) is 21.4. The van der Waals surface area contributed by atoms with Crippen molar-refractivity contribution >= 4 is 163 Å². The van der Waals surface area contributed by atoms with E-state index in [0.29, 0.717) is 52.8 Å². The Hall–Kier alpha value is -19.8. The molecular weight excluding hydrogens is 1760 g/mol. The van der Waals surface area contributed by atoms with E-state index >= 15 is 0 Å². The lowest BCUT2D eigenvalue weighted by atomic mass is 10.0. The predicted octanol–water partition coefficient (Wildman–Crippen LogP) is 31.1. The highest BCUT2D eigenvalue weighted by atomic mass is 15.2.